The van der Waals surface area contributed by atoms with Gasteiger partial charge < -0.3 is 10.1 Å². The van der Waals surface area contributed by atoms with E-state index in [1.54, 1.807) is 0 Å². The third-order valence-electron chi connectivity index (χ3n) is 2.70. The van der Waals surface area contributed by atoms with E-state index in [1.165, 1.54) is 5.56 Å². The topological polar surface area (TPSA) is 21.3 Å². The Morgan fingerprint density at radius 1 is 1.35 bits per heavy atom. The number of rotatable bonds is 6. The van der Waals surface area contributed by atoms with Crippen LogP contribution in [0.2, 0.25) is 0 Å². The van der Waals surface area contributed by atoms with E-state index in [9.17, 15) is 0 Å². The van der Waals surface area contributed by atoms with Gasteiger partial charge in [0.05, 0.1) is 6.61 Å². The Hall–Kier alpha value is -0.540. The second-order valence-electron chi connectivity index (χ2n) is 4.59. The maximum Gasteiger partial charge on any atom is 0.124 e. The molecule has 0 radical (unpaired) electrons. The van der Waals surface area contributed by atoms with E-state index in [2.05, 4.69) is 41.2 Å². The Kier molecular flexibility index (Phi) is 6.00. The number of ether oxygens (including phenoxy) is 1. The molecule has 0 spiro atoms. The van der Waals surface area contributed by atoms with E-state index in [4.69, 9.17) is 4.74 Å². The summed E-state index contributed by atoms with van der Waals surface area (Å²) < 4.78 is 6.79. The van der Waals surface area contributed by atoms with Crippen molar-refractivity contribution in [3.05, 3.63) is 28.2 Å². The molecule has 0 aliphatic heterocycles. The van der Waals surface area contributed by atoms with Crippen molar-refractivity contribution in [2.24, 2.45) is 5.92 Å². The predicted molar refractivity (Wildman–Crippen MR) is 76.6 cm³/mol. The van der Waals surface area contributed by atoms with Gasteiger partial charge in [-0.2, -0.15) is 0 Å². The van der Waals surface area contributed by atoms with Gasteiger partial charge in [0.15, 0.2) is 0 Å². The van der Waals surface area contributed by atoms with Crippen LogP contribution in [0.3, 0.4) is 0 Å². The fraction of sp³-hybridized carbons (Fsp3) is 0.571. The van der Waals surface area contributed by atoms with E-state index in [0.29, 0.717) is 18.6 Å². The van der Waals surface area contributed by atoms with Crippen molar-refractivity contribution in [3.8, 4) is 5.75 Å². The van der Waals surface area contributed by atoms with Crippen LogP contribution >= 0.6 is 15.9 Å². The zero-order chi connectivity index (χ0) is 12.8. The summed E-state index contributed by atoms with van der Waals surface area (Å²) in [6.45, 7) is 7.20. The summed E-state index contributed by atoms with van der Waals surface area (Å²) in [6.07, 6.45) is 1.10. The van der Waals surface area contributed by atoms with E-state index < -0.39 is 0 Å². The lowest BCUT2D eigenvalue weighted by Gasteiger charge is -2.22. The quantitative estimate of drug-likeness (QED) is 0.852. The molecular weight excluding hydrogens is 278 g/mol. The fourth-order valence-electron chi connectivity index (χ4n) is 1.95. The molecule has 1 unspecified atom stereocenters. The van der Waals surface area contributed by atoms with Crippen LogP contribution in [0.5, 0.6) is 5.75 Å². The van der Waals surface area contributed by atoms with Crippen molar-refractivity contribution in [2.45, 2.75) is 33.2 Å². The Morgan fingerprint density at radius 3 is 2.59 bits per heavy atom. The van der Waals surface area contributed by atoms with Gasteiger partial charge >= 0.3 is 0 Å². The summed E-state index contributed by atoms with van der Waals surface area (Å²) in [5.41, 5.74) is 1.23. The molecule has 0 aliphatic rings. The maximum absolute atomic E-state index is 5.70. The van der Waals surface area contributed by atoms with Crippen LogP contribution in [0.25, 0.3) is 0 Å². The van der Waals surface area contributed by atoms with Crippen LogP contribution in [0.15, 0.2) is 22.7 Å². The molecule has 1 aromatic carbocycles. The lowest BCUT2D eigenvalue weighted by atomic mass is 9.96. The van der Waals surface area contributed by atoms with Crippen molar-refractivity contribution in [3.63, 3.8) is 0 Å². The van der Waals surface area contributed by atoms with Gasteiger partial charge in [0, 0.05) is 16.1 Å². The van der Waals surface area contributed by atoms with Crippen LogP contribution in [-0.4, -0.2) is 13.7 Å². The first kappa shape index (κ1) is 14.5. The molecule has 0 amide bonds. The molecule has 96 valence electrons. The van der Waals surface area contributed by atoms with Crippen molar-refractivity contribution in [1.82, 2.24) is 5.32 Å². The zero-order valence-corrected chi connectivity index (χ0v) is 12.7. The van der Waals surface area contributed by atoms with Gasteiger partial charge in [-0.1, -0.05) is 29.8 Å². The Labute approximate surface area is 113 Å². The molecule has 1 atom stereocenters. The summed E-state index contributed by atoms with van der Waals surface area (Å²) in [7, 11) is 2.00. The van der Waals surface area contributed by atoms with E-state index in [1.807, 2.05) is 26.1 Å². The minimum absolute atomic E-state index is 0.342. The number of halogens is 1. The average Bonchev–Trinajstić information content (AvgIpc) is 2.28. The molecule has 0 fully saturated rings. The van der Waals surface area contributed by atoms with Gasteiger partial charge in [-0.05, 0) is 44.5 Å². The summed E-state index contributed by atoms with van der Waals surface area (Å²) in [6, 6.07) is 6.55. The largest absolute Gasteiger partial charge is 0.494 e. The number of hydrogen-bond donors (Lipinski definition) is 1. The number of hydrogen-bond acceptors (Lipinski definition) is 2. The molecule has 0 heterocycles. The molecule has 17 heavy (non-hydrogen) atoms. The van der Waals surface area contributed by atoms with Crippen LogP contribution in [0.4, 0.5) is 0 Å². The standard InChI is InChI=1S/C14H22BrNO/c1-5-17-14-7-6-11(15)9-12(14)13(16-4)8-10(2)3/h6-7,9-10,13,16H,5,8H2,1-4H3. The second-order valence-corrected chi connectivity index (χ2v) is 5.50. The summed E-state index contributed by atoms with van der Waals surface area (Å²) in [4.78, 5) is 0. The van der Waals surface area contributed by atoms with Gasteiger partial charge in [0.25, 0.3) is 0 Å². The molecule has 3 heteroatoms. The monoisotopic (exact) mass is 299 g/mol. The summed E-state index contributed by atoms with van der Waals surface area (Å²) in [5, 5.41) is 3.37. The highest BCUT2D eigenvalue weighted by Gasteiger charge is 2.16. The third-order valence-corrected chi connectivity index (χ3v) is 3.20. The van der Waals surface area contributed by atoms with Gasteiger partial charge in [0.2, 0.25) is 0 Å². The van der Waals surface area contributed by atoms with E-state index in [-0.39, 0.29) is 0 Å². The fourth-order valence-corrected chi connectivity index (χ4v) is 2.33. The predicted octanol–water partition coefficient (Wildman–Crippen LogP) is 4.15. The van der Waals surface area contributed by atoms with Crippen molar-refractivity contribution >= 4 is 15.9 Å². The molecule has 1 rings (SSSR count). The zero-order valence-electron chi connectivity index (χ0n) is 11.1. The Balaban J connectivity index is 3.02. The molecule has 1 N–H and O–H groups in total. The van der Waals surface area contributed by atoms with Crippen LogP contribution in [0, 0.1) is 5.92 Å². The normalized spacial score (nSPS) is 12.8. The molecule has 1 aromatic rings. The Morgan fingerprint density at radius 2 is 2.06 bits per heavy atom. The number of benzene rings is 1. The molecule has 2 nitrogen and oxygen atoms in total. The first-order valence-corrected chi connectivity index (χ1v) is 6.97. The summed E-state index contributed by atoms with van der Waals surface area (Å²) >= 11 is 3.53. The Bertz CT molecular complexity index is 352. The molecule has 0 saturated carbocycles. The van der Waals surface area contributed by atoms with Gasteiger partial charge in [0.1, 0.15) is 5.75 Å². The molecule has 0 saturated heterocycles. The molecule has 0 aliphatic carbocycles. The minimum atomic E-state index is 0.342. The third kappa shape index (κ3) is 4.32. The van der Waals surface area contributed by atoms with E-state index in [0.717, 1.165) is 16.6 Å². The molecular formula is C14H22BrNO. The highest BCUT2D eigenvalue weighted by molar-refractivity contribution is 9.10. The highest BCUT2D eigenvalue weighted by atomic mass is 79.9. The maximum atomic E-state index is 5.70. The summed E-state index contributed by atoms with van der Waals surface area (Å²) in [5.74, 6) is 1.64. The van der Waals surface area contributed by atoms with Crippen molar-refractivity contribution < 1.29 is 4.74 Å². The number of nitrogens with one attached hydrogen (secondary N) is 1. The lowest BCUT2D eigenvalue weighted by molar-refractivity contribution is 0.328. The average molecular weight is 300 g/mol. The van der Waals surface area contributed by atoms with Crippen molar-refractivity contribution in [1.29, 1.82) is 0 Å². The second kappa shape index (κ2) is 7.02. The molecule has 0 aromatic heterocycles. The smallest absolute Gasteiger partial charge is 0.124 e. The minimum Gasteiger partial charge on any atom is -0.494 e. The first-order chi connectivity index (χ1) is 8.08. The van der Waals surface area contributed by atoms with Crippen LogP contribution < -0.4 is 10.1 Å². The SMILES string of the molecule is CCOc1ccc(Br)cc1C(CC(C)C)NC. The molecule has 0 bridgehead atoms. The van der Waals surface area contributed by atoms with Gasteiger partial charge in [-0.3, -0.25) is 0 Å². The highest BCUT2D eigenvalue weighted by Crippen LogP contribution is 2.31. The van der Waals surface area contributed by atoms with Gasteiger partial charge in [-0.25, -0.2) is 0 Å². The van der Waals surface area contributed by atoms with Crippen LogP contribution in [-0.2, 0) is 0 Å². The lowest BCUT2D eigenvalue weighted by Crippen LogP contribution is -2.19. The van der Waals surface area contributed by atoms with Crippen molar-refractivity contribution in [2.75, 3.05) is 13.7 Å². The van der Waals surface area contributed by atoms with E-state index >= 15 is 0 Å². The van der Waals surface area contributed by atoms with Crippen LogP contribution in [0.1, 0.15) is 38.8 Å². The first-order valence-electron chi connectivity index (χ1n) is 6.18. The van der Waals surface area contributed by atoms with Gasteiger partial charge in [-0.15, -0.1) is 0 Å².